The molecule has 0 aliphatic carbocycles. The normalized spacial score (nSPS) is 16.7. The van der Waals surface area contributed by atoms with E-state index in [2.05, 4.69) is 26.9 Å². The minimum atomic E-state index is -0.245. The molecular weight excluding hydrogens is 395 g/mol. The van der Waals surface area contributed by atoms with Crippen LogP contribution in [0.5, 0.6) is 0 Å². The lowest BCUT2D eigenvalue weighted by Crippen LogP contribution is -2.22. The number of nitrogens with zero attached hydrogens (tertiary/aromatic N) is 5. The van der Waals surface area contributed by atoms with Gasteiger partial charge >= 0.3 is 0 Å². The molecule has 31 heavy (non-hydrogen) atoms. The van der Waals surface area contributed by atoms with Crippen LogP contribution in [0.3, 0.4) is 0 Å². The highest BCUT2D eigenvalue weighted by molar-refractivity contribution is 5.80. The van der Waals surface area contributed by atoms with E-state index in [-0.39, 0.29) is 18.3 Å². The van der Waals surface area contributed by atoms with Crippen LogP contribution in [0.2, 0.25) is 0 Å². The number of aromatic nitrogens is 5. The molecule has 4 aromatic rings. The Kier molecular flexibility index (Phi) is 4.83. The molecule has 1 atom stereocenters. The van der Waals surface area contributed by atoms with E-state index >= 15 is 0 Å². The van der Waals surface area contributed by atoms with Crippen molar-refractivity contribution in [3.05, 3.63) is 64.5 Å². The number of aromatic amines is 1. The van der Waals surface area contributed by atoms with Gasteiger partial charge in [-0.2, -0.15) is 5.10 Å². The maximum atomic E-state index is 14.2. The molecule has 8 heteroatoms. The van der Waals surface area contributed by atoms with E-state index in [0.29, 0.717) is 25.3 Å². The zero-order valence-corrected chi connectivity index (χ0v) is 17.9. The van der Waals surface area contributed by atoms with E-state index in [0.717, 1.165) is 44.9 Å². The van der Waals surface area contributed by atoms with E-state index in [9.17, 15) is 9.50 Å². The Morgan fingerprint density at radius 2 is 2.10 bits per heavy atom. The first-order valence-electron chi connectivity index (χ1n) is 10.4. The molecule has 1 unspecified atom stereocenters. The maximum Gasteiger partial charge on any atom is 0.156 e. The number of aryl methyl sites for hydroxylation is 1. The van der Waals surface area contributed by atoms with Gasteiger partial charge in [0.2, 0.25) is 0 Å². The smallest absolute Gasteiger partial charge is 0.156 e. The van der Waals surface area contributed by atoms with Gasteiger partial charge in [0.05, 0.1) is 36.4 Å². The molecular formula is C23H25FN6O. The number of hydrogen-bond donors (Lipinski definition) is 2. The molecule has 0 spiro atoms. The first-order chi connectivity index (χ1) is 15.0. The van der Waals surface area contributed by atoms with Crippen molar-refractivity contribution in [3.63, 3.8) is 0 Å². The summed E-state index contributed by atoms with van der Waals surface area (Å²) < 4.78 is 16.1. The molecule has 1 aliphatic heterocycles. The van der Waals surface area contributed by atoms with Crippen LogP contribution < -0.4 is 0 Å². The van der Waals surface area contributed by atoms with E-state index in [1.165, 1.54) is 6.07 Å². The van der Waals surface area contributed by atoms with E-state index in [4.69, 9.17) is 4.98 Å². The lowest BCUT2D eigenvalue weighted by molar-refractivity contribution is 0.257. The molecule has 0 saturated heterocycles. The van der Waals surface area contributed by atoms with Crippen molar-refractivity contribution >= 4 is 11.2 Å². The van der Waals surface area contributed by atoms with Crippen LogP contribution in [0.1, 0.15) is 40.9 Å². The van der Waals surface area contributed by atoms with Gasteiger partial charge in [0.15, 0.2) is 5.65 Å². The van der Waals surface area contributed by atoms with Crippen molar-refractivity contribution in [3.8, 4) is 11.3 Å². The Balaban J connectivity index is 1.79. The number of hydrogen-bond acceptors (Lipinski definition) is 5. The molecule has 4 heterocycles. The van der Waals surface area contributed by atoms with Crippen molar-refractivity contribution in [1.29, 1.82) is 0 Å². The molecule has 2 N–H and O–H groups in total. The molecule has 5 rings (SSSR count). The van der Waals surface area contributed by atoms with Gasteiger partial charge in [0, 0.05) is 36.3 Å². The predicted octanol–water partition coefficient (Wildman–Crippen LogP) is 3.36. The summed E-state index contributed by atoms with van der Waals surface area (Å²) in [7, 11) is 2.04. The van der Waals surface area contributed by atoms with Crippen molar-refractivity contribution < 1.29 is 9.50 Å². The van der Waals surface area contributed by atoms with Crippen molar-refractivity contribution in [2.24, 2.45) is 0 Å². The average molecular weight is 420 g/mol. The predicted molar refractivity (Wildman–Crippen MR) is 116 cm³/mol. The van der Waals surface area contributed by atoms with Crippen molar-refractivity contribution in [2.45, 2.75) is 39.4 Å². The van der Waals surface area contributed by atoms with Gasteiger partial charge < -0.3 is 10.1 Å². The van der Waals surface area contributed by atoms with Crippen LogP contribution in [0, 0.1) is 12.7 Å². The largest absolute Gasteiger partial charge is 0.394 e. The molecule has 7 nitrogen and oxygen atoms in total. The first kappa shape index (κ1) is 19.8. The second-order valence-corrected chi connectivity index (χ2v) is 8.29. The monoisotopic (exact) mass is 420 g/mol. The summed E-state index contributed by atoms with van der Waals surface area (Å²) in [5, 5.41) is 14.2. The fraction of sp³-hybridized carbons (Fsp3) is 0.348. The Morgan fingerprint density at radius 3 is 2.90 bits per heavy atom. The molecule has 0 fully saturated rings. The summed E-state index contributed by atoms with van der Waals surface area (Å²) >= 11 is 0. The van der Waals surface area contributed by atoms with Crippen LogP contribution in [0.25, 0.3) is 22.4 Å². The maximum absolute atomic E-state index is 14.2. The molecule has 0 radical (unpaired) electrons. The Morgan fingerprint density at radius 1 is 1.26 bits per heavy atom. The fourth-order valence-electron chi connectivity index (χ4n) is 4.65. The third-order valence-electron chi connectivity index (χ3n) is 6.11. The lowest BCUT2D eigenvalue weighted by Gasteiger charge is -2.23. The van der Waals surface area contributed by atoms with Gasteiger partial charge in [-0.05, 0) is 37.2 Å². The summed E-state index contributed by atoms with van der Waals surface area (Å²) in [5.74, 6) is -0.291. The van der Waals surface area contributed by atoms with Gasteiger partial charge in [-0.25, -0.2) is 14.4 Å². The zero-order valence-electron chi connectivity index (χ0n) is 17.9. The van der Waals surface area contributed by atoms with Gasteiger partial charge in [0.1, 0.15) is 11.3 Å². The van der Waals surface area contributed by atoms with Gasteiger partial charge in [-0.1, -0.05) is 13.0 Å². The van der Waals surface area contributed by atoms with Crippen LogP contribution in [0.15, 0.2) is 30.6 Å². The zero-order chi connectivity index (χ0) is 21.7. The molecule has 1 aromatic carbocycles. The lowest BCUT2D eigenvalue weighted by atomic mass is 9.90. The third kappa shape index (κ3) is 3.32. The molecule has 0 amide bonds. The van der Waals surface area contributed by atoms with Crippen molar-refractivity contribution in [1.82, 2.24) is 29.6 Å². The van der Waals surface area contributed by atoms with E-state index in [1.807, 2.05) is 30.9 Å². The first-order valence-corrected chi connectivity index (χ1v) is 10.4. The number of fused-ring (bicyclic) bond motifs is 4. The number of aliphatic hydroxyl groups is 1. The number of halogens is 1. The minimum absolute atomic E-state index is 0.00354. The Hall–Kier alpha value is -3.10. The number of rotatable bonds is 2. The Bertz CT molecular complexity index is 1280. The minimum Gasteiger partial charge on any atom is -0.394 e. The second kappa shape index (κ2) is 7.55. The SMILES string of the molecule is Cc1nn(CCO)c2c1-c1cnc3[nH]cc(c3n1)C(C)c1cc(F)ccc1CN(C)C2. The average Bonchev–Trinajstić information content (AvgIpc) is 3.29. The molecule has 160 valence electrons. The van der Waals surface area contributed by atoms with Gasteiger partial charge in [-0.3, -0.25) is 9.58 Å². The highest BCUT2D eigenvalue weighted by Gasteiger charge is 2.24. The van der Waals surface area contributed by atoms with Gasteiger partial charge in [0.25, 0.3) is 0 Å². The number of aliphatic hydroxyl groups excluding tert-OH is 1. The summed E-state index contributed by atoms with van der Waals surface area (Å²) in [6.07, 6.45) is 3.69. The summed E-state index contributed by atoms with van der Waals surface area (Å²) in [5.41, 5.74) is 8.05. The van der Waals surface area contributed by atoms with Crippen molar-refractivity contribution in [2.75, 3.05) is 13.7 Å². The Labute approximate surface area is 179 Å². The number of benzene rings is 1. The second-order valence-electron chi connectivity index (χ2n) is 8.29. The summed E-state index contributed by atoms with van der Waals surface area (Å²) in [6, 6.07) is 5.01. The number of nitrogens with one attached hydrogen (secondary N) is 1. The van der Waals surface area contributed by atoms with E-state index in [1.54, 1.807) is 12.3 Å². The highest BCUT2D eigenvalue weighted by Crippen LogP contribution is 2.35. The summed E-state index contributed by atoms with van der Waals surface area (Å²) in [6.45, 7) is 5.73. The van der Waals surface area contributed by atoms with Crippen LogP contribution in [-0.4, -0.2) is 48.4 Å². The third-order valence-corrected chi connectivity index (χ3v) is 6.11. The molecule has 0 saturated carbocycles. The molecule has 2 bridgehead atoms. The fourth-order valence-corrected chi connectivity index (χ4v) is 4.65. The molecule has 3 aromatic heterocycles. The highest BCUT2D eigenvalue weighted by atomic mass is 19.1. The summed E-state index contributed by atoms with van der Waals surface area (Å²) in [4.78, 5) is 15.0. The standard InChI is InChI=1S/C23H25FN6O/c1-13-17-8-16(24)5-4-15(17)11-29(3)12-20-21(14(2)28-30(20)6-7-31)19-10-26-23-22(27-19)18(13)9-25-23/h4-5,8-10,13,31H,6-7,11-12H2,1-3H3,(H,25,26). The number of H-pyrrole nitrogens is 1. The van der Waals surface area contributed by atoms with Gasteiger partial charge in [-0.15, -0.1) is 0 Å². The van der Waals surface area contributed by atoms with Crippen LogP contribution in [-0.2, 0) is 19.6 Å². The van der Waals surface area contributed by atoms with E-state index < -0.39 is 0 Å². The quantitative estimate of drug-likeness (QED) is 0.520. The van der Waals surface area contributed by atoms with Crippen LogP contribution >= 0.6 is 0 Å². The molecule has 1 aliphatic rings. The van der Waals surface area contributed by atoms with Crippen LogP contribution in [0.4, 0.5) is 4.39 Å². The topological polar surface area (TPSA) is 82.9 Å².